The van der Waals surface area contributed by atoms with Gasteiger partial charge in [0.25, 0.3) is 5.91 Å². The Labute approximate surface area is 178 Å². The molecule has 1 amide bonds. The Hall–Kier alpha value is -3.19. The zero-order valence-electron chi connectivity index (χ0n) is 16.8. The monoisotopic (exact) mass is 445 g/mol. The van der Waals surface area contributed by atoms with E-state index in [0.29, 0.717) is 11.5 Å². The topological polar surface area (TPSA) is 105 Å². The van der Waals surface area contributed by atoms with Gasteiger partial charge in [0.2, 0.25) is 0 Å². The number of carbonyl (C=O) groups excluding carboxylic acids is 1. The quantitative estimate of drug-likeness (QED) is 0.464. The number of hydrogen-bond acceptors (Lipinski definition) is 4. The first-order valence-electron chi connectivity index (χ1n) is 9.33. The van der Waals surface area contributed by atoms with Crippen molar-refractivity contribution in [3.05, 3.63) is 78.1 Å². The molecule has 0 atom stereocenters. The molecule has 7 nitrogen and oxygen atoms in total. The van der Waals surface area contributed by atoms with Crippen LogP contribution in [0.1, 0.15) is 24.2 Å². The van der Waals surface area contributed by atoms with Gasteiger partial charge in [0.15, 0.2) is 0 Å². The zero-order valence-corrected chi connectivity index (χ0v) is 17.7. The van der Waals surface area contributed by atoms with Crippen LogP contribution in [0.15, 0.2) is 66.7 Å². The molecule has 3 rings (SSSR count). The lowest BCUT2D eigenvalue weighted by Crippen LogP contribution is -2.14. The first-order chi connectivity index (χ1) is 14.6. The molecule has 3 aromatic carbocycles. The van der Waals surface area contributed by atoms with Gasteiger partial charge in [-0.05, 0) is 62.4 Å². The van der Waals surface area contributed by atoms with Crippen LogP contribution in [-0.2, 0) is 4.57 Å². The average Bonchev–Trinajstić information content (AvgIpc) is 2.68. The van der Waals surface area contributed by atoms with Crippen LogP contribution in [0.2, 0.25) is 0 Å². The molecule has 9 heteroatoms. The maximum atomic E-state index is 13.9. The Morgan fingerprint density at radius 1 is 0.968 bits per heavy atom. The summed E-state index contributed by atoms with van der Waals surface area (Å²) in [5, 5.41) is 2.37. The van der Waals surface area contributed by atoms with E-state index in [9.17, 15) is 23.5 Å². The fourth-order valence-corrected chi connectivity index (χ4v) is 3.24. The molecule has 0 saturated heterocycles. The largest absolute Gasteiger partial charge is 0.491 e. The second-order valence-electron chi connectivity index (χ2n) is 6.93. The molecule has 31 heavy (non-hydrogen) atoms. The van der Waals surface area contributed by atoms with Gasteiger partial charge >= 0.3 is 7.60 Å². The lowest BCUT2D eigenvalue weighted by atomic mass is 10.1. The van der Waals surface area contributed by atoms with Crippen LogP contribution < -0.4 is 20.1 Å². The summed E-state index contributed by atoms with van der Waals surface area (Å²) in [6.07, 6.45) is -0.166. The zero-order chi connectivity index (χ0) is 22.6. The predicted molar refractivity (Wildman–Crippen MR) is 115 cm³/mol. The highest BCUT2D eigenvalue weighted by Crippen LogP contribution is 2.34. The maximum Gasteiger partial charge on any atom is 0.356 e. The van der Waals surface area contributed by atoms with Gasteiger partial charge in [0, 0.05) is 11.6 Å². The smallest absolute Gasteiger partial charge is 0.356 e. The summed E-state index contributed by atoms with van der Waals surface area (Å²) >= 11 is 0. The summed E-state index contributed by atoms with van der Waals surface area (Å²) in [6.45, 7) is 3.65. The molecule has 0 saturated carbocycles. The molecule has 3 N–H and O–H groups in total. The van der Waals surface area contributed by atoms with Gasteiger partial charge < -0.3 is 24.6 Å². The SMILES string of the molecule is CC(C)Oc1cc(Oc2ccc(P(=O)(O)O)cc2)cc(C(=O)Nc2ccccc2F)c1. The highest BCUT2D eigenvalue weighted by Gasteiger charge is 2.17. The molecule has 162 valence electrons. The number of rotatable bonds is 7. The molecular weight excluding hydrogens is 424 g/mol. The fourth-order valence-electron chi connectivity index (χ4n) is 2.70. The second-order valence-corrected chi connectivity index (χ2v) is 8.54. The van der Waals surface area contributed by atoms with E-state index in [2.05, 4.69) is 5.32 Å². The molecule has 0 spiro atoms. The van der Waals surface area contributed by atoms with E-state index >= 15 is 0 Å². The Kier molecular flexibility index (Phi) is 6.75. The van der Waals surface area contributed by atoms with Gasteiger partial charge in [-0.25, -0.2) is 4.39 Å². The van der Waals surface area contributed by atoms with E-state index in [1.165, 1.54) is 54.6 Å². The van der Waals surface area contributed by atoms with Crippen molar-refractivity contribution >= 4 is 24.5 Å². The minimum absolute atomic E-state index is 0.0400. The van der Waals surface area contributed by atoms with E-state index in [1.807, 2.05) is 13.8 Å². The van der Waals surface area contributed by atoms with E-state index in [0.717, 1.165) is 0 Å². The second kappa shape index (κ2) is 9.31. The van der Waals surface area contributed by atoms with Crippen molar-refractivity contribution in [1.29, 1.82) is 0 Å². The molecule has 0 aliphatic carbocycles. The molecule has 0 aromatic heterocycles. The van der Waals surface area contributed by atoms with Gasteiger partial charge in [-0.1, -0.05) is 12.1 Å². The summed E-state index contributed by atoms with van der Waals surface area (Å²) in [6, 6.07) is 15.7. The Morgan fingerprint density at radius 2 is 1.61 bits per heavy atom. The van der Waals surface area contributed by atoms with Crippen LogP contribution in [0.25, 0.3) is 0 Å². The molecular formula is C22H21FNO6P. The molecule has 3 aromatic rings. The van der Waals surface area contributed by atoms with E-state index in [-0.39, 0.29) is 28.4 Å². The Bertz CT molecular complexity index is 1130. The summed E-state index contributed by atoms with van der Waals surface area (Å²) < 4.78 is 36.6. The number of amides is 1. The van der Waals surface area contributed by atoms with Crippen LogP contribution in [0.5, 0.6) is 17.2 Å². The summed E-state index contributed by atoms with van der Waals surface area (Å²) in [4.78, 5) is 31.1. The standard InChI is InChI=1S/C22H21FNO6P/c1-14(2)29-17-11-15(22(25)24-21-6-4-3-5-20(21)23)12-18(13-17)30-16-7-9-19(10-8-16)31(26,27)28/h3-14H,1-2H3,(H,24,25)(H2,26,27,28). The predicted octanol–water partition coefficient (Wildman–Crippen LogP) is 4.46. The van der Waals surface area contributed by atoms with E-state index in [1.54, 1.807) is 12.1 Å². The van der Waals surface area contributed by atoms with Crippen LogP contribution in [0.3, 0.4) is 0 Å². The van der Waals surface area contributed by atoms with Crippen molar-refractivity contribution in [3.63, 3.8) is 0 Å². The molecule has 0 unspecified atom stereocenters. The number of hydrogen-bond donors (Lipinski definition) is 3. The van der Waals surface area contributed by atoms with Gasteiger partial charge in [-0.3, -0.25) is 9.36 Å². The number of anilines is 1. The molecule has 0 fully saturated rings. The highest BCUT2D eigenvalue weighted by molar-refractivity contribution is 7.60. The van der Waals surface area contributed by atoms with Crippen molar-refractivity contribution in [3.8, 4) is 17.2 Å². The number of ether oxygens (including phenoxy) is 2. The van der Waals surface area contributed by atoms with Crippen LogP contribution in [0.4, 0.5) is 10.1 Å². The van der Waals surface area contributed by atoms with Gasteiger partial charge in [-0.15, -0.1) is 0 Å². The van der Waals surface area contributed by atoms with E-state index < -0.39 is 19.3 Å². The Morgan fingerprint density at radius 3 is 2.23 bits per heavy atom. The van der Waals surface area contributed by atoms with Crippen LogP contribution in [-0.4, -0.2) is 21.8 Å². The van der Waals surface area contributed by atoms with Crippen molar-refractivity contribution in [2.45, 2.75) is 20.0 Å². The normalized spacial score (nSPS) is 11.3. The van der Waals surface area contributed by atoms with Crippen molar-refractivity contribution in [2.24, 2.45) is 0 Å². The number of carbonyl (C=O) groups is 1. The molecule has 0 heterocycles. The molecule has 0 aliphatic rings. The number of halogens is 1. The first-order valence-corrected chi connectivity index (χ1v) is 10.9. The summed E-state index contributed by atoms with van der Waals surface area (Å²) in [7, 11) is -4.36. The Balaban J connectivity index is 1.88. The number of para-hydroxylation sites is 1. The summed E-state index contributed by atoms with van der Waals surface area (Å²) in [5.41, 5.74) is 0.224. The average molecular weight is 445 g/mol. The van der Waals surface area contributed by atoms with E-state index in [4.69, 9.17) is 9.47 Å². The molecule has 0 bridgehead atoms. The lowest BCUT2D eigenvalue weighted by Gasteiger charge is -2.14. The van der Waals surface area contributed by atoms with Crippen LogP contribution in [0, 0.1) is 5.82 Å². The number of benzene rings is 3. The minimum Gasteiger partial charge on any atom is -0.491 e. The van der Waals surface area contributed by atoms with Crippen molar-refractivity contribution in [2.75, 3.05) is 5.32 Å². The molecule has 0 aliphatic heterocycles. The third-order valence-corrected chi connectivity index (χ3v) is 5.02. The highest BCUT2D eigenvalue weighted by atomic mass is 31.2. The fraction of sp³-hybridized carbons (Fsp3) is 0.136. The van der Waals surface area contributed by atoms with Gasteiger partial charge in [0.05, 0.1) is 17.1 Å². The van der Waals surface area contributed by atoms with Crippen molar-refractivity contribution < 1.29 is 33.0 Å². The summed E-state index contributed by atoms with van der Waals surface area (Å²) in [5.74, 6) is -0.175. The lowest BCUT2D eigenvalue weighted by molar-refractivity contribution is 0.102. The van der Waals surface area contributed by atoms with Crippen LogP contribution >= 0.6 is 7.60 Å². The number of nitrogens with one attached hydrogen (secondary N) is 1. The minimum atomic E-state index is -4.36. The van der Waals surface area contributed by atoms with Gasteiger partial charge in [-0.2, -0.15) is 0 Å². The first kappa shape index (κ1) is 22.5. The third kappa shape index (κ3) is 6.15. The maximum absolute atomic E-state index is 13.9. The van der Waals surface area contributed by atoms with Gasteiger partial charge in [0.1, 0.15) is 23.1 Å². The molecule has 0 radical (unpaired) electrons. The van der Waals surface area contributed by atoms with Crippen molar-refractivity contribution in [1.82, 2.24) is 0 Å². The third-order valence-electron chi connectivity index (χ3n) is 4.04.